The Balaban J connectivity index is 1.27. The average molecular weight is 442 g/mol. The molecular formula is C22H26N4O6. The molecule has 1 aromatic carbocycles. The number of fused-ring (bicyclic) bond motifs is 1. The molecule has 0 aliphatic carbocycles. The van der Waals surface area contributed by atoms with Gasteiger partial charge in [0.1, 0.15) is 11.8 Å². The fourth-order valence-corrected chi connectivity index (χ4v) is 4.19. The summed E-state index contributed by atoms with van der Waals surface area (Å²) in [5.74, 6) is -1.50. The number of nitrogens with one attached hydrogen (secondary N) is 2. The molecule has 2 saturated heterocycles. The summed E-state index contributed by atoms with van der Waals surface area (Å²) in [5.41, 5.74) is 0.433. The molecule has 0 spiro atoms. The molecule has 3 aliphatic rings. The van der Waals surface area contributed by atoms with Crippen LogP contribution in [0.25, 0.3) is 0 Å². The van der Waals surface area contributed by atoms with E-state index in [1.165, 1.54) is 12.1 Å². The molecule has 170 valence electrons. The van der Waals surface area contributed by atoms with Gasteiger partial charge in [-0.05, 0) is 43.9 Å². The zero-order valence-corrected chi connectivity index (χ0v) is 17.7. The number of amides is 5. The predicted octanol–water partition coefficient (Wildman–Crippen LogP) is 0.0687. The standard InChI is InChI=1S/C22H26N4O6/c27-18-7-6-17(20(29)24-18)26-21(30)15-5-4-14(12-16(15)22(26)31)32-11-3-1-2-9-25-10-8-23-13-19(25)28/h4-5,12,17,23H,1-3,6-11,13H2,(H,24,27,29). The van der Waals surface area contributed by atoms with E-state index in [1.54, 1.807) is 6.07 Å². The van der Waals surface area contributed by atoms with Gasteiger partial charge >= 0.3 is 0 Å². The Hall–Kier alpha value is -3.27. The summed E-state index contributed by atoms with van der Waals surface area (Å²) in [7, 11) is 0. The summed E-state index contributed by atoms with van der Waals surface area (Å²) in [6.45, 7) is 3.17. The molecule has 5 amide bonds. The van der Waals surface area contributed by atoms with Crippen molar-refractivity contribution < 1.29 is 28.7 Å². The number of carbonyl (C=O) groups excluding carboxylic acids is 5. The van der Waals surface area contributed by atoms with E-state index in [0.717, 1.165) is 43.8 Å². The Kier molecular flexibility index (Phi) is 6.50. The molecular weight excluding hydrogens is 416 g/mol. The van der Waals surface area contributed by atoms with Crippen molar-refractivity contribution in [2.24, 2.45) is 0 Å². The molecule has 1 atom stereocenters. The quantitative estimate of drug-likeness (QED) is 0.431. The Morgan fingerprint density at radius 1 is 1.00 bits per heavy atom. The SMILES string of the molecule is O=C1CCC(N2C(=O)c3ccc(OCCCCCN4CCNCC4=O)cc3C2=O)C(=O)N1. The summed E-state index contributed by atoms with van der Waals surface area (Å²) in [6.07, 6.45) is 2.81. The highest BCUT2D eigenvalue weighted by Crippen LogP contribution is 2.30. The fraction of sp³-hybridized carbons (Fsp3) is 0.500. The first kappa shape index (κ1) is 21.9. The van der Waals surface area contributed by atoms with Gasteiger partial charge < -0.3 is 15.0 Å². The van der Waals surface area contributed by atoms with Crippen LogP contribution in [0.5, 0.6) is 5.75 Å². The Bertz CT molecular complexity index is 962. The summed E-state index contributed by atoms with van der Waals surface area (Å²) < 4.78 is 5.75. The van der Waals surface area contributed by atoms with E-state index in [9.17, 15) is 24.0 Å². The van der Waals surface area contributed by atoms with Crippen molar-refractivity contribution in [3.63, 3.8) is 0 Å². The number of hydrogen-bond donors (Lipinski definition) is 2. The number of rotatable bonds is 8. The van der Waals surface area contributed by atoms with Gasteiger partial charge in [0, 0.05) is 26.1 Å². The van der Waals surface area contributed by atoms with Gasteiger partial charge in [0.05, 0.1) is 24.3 Å². The number of imide groups is 2. The van der Waals surface area contributed by atoms with Crippen LogP contribution in [0.4, 0.5) is 0 Å². The summed E-state index contributed by atoms with van der Waals surface area (Å²) in [4.78, 5) is 63.6. The second kappa shape index (κ2) is 9.47. The monoisotopic (exact) mass is 442 g/mol. The van der Waals surface area contributed by atoms with Crippen molar-refractivity contribution in [3.8, 4) is 5.75 Å². The molecule has 1 unspecified atom stereocenters. The number of nitrogens with zero attached hydrogens (tertiary/aromatic N) is 2. The van der Waals surface area contributed by atoms with Crippen LogP contribution >= 0.6 is 0 Å². The molecule has 10 heteroatoms. The molecule has 0 saturated carbocycles. The summed E-state index contributed by atoms with van der Waals surface area (Å²) in [6, 6.07) is 3.72. The highest BCUT2D eigenvalue weighted by atomic mass is 16.5. The van der Waals surface area contributed by atoms with Crippen molar-refractivity contribution in [1.29, 1.82) is 0 Å². The first-order valence-corrected chi connectivity index (χ1v) is 10.9. The third kappa shape index (κ3) is 4.50. The van der Waals surface area contributed by atoms with Crippen molar-refractivity contribution in [1.82, 2.24) is 20.4 Å². The van der Waals surface area contributed by atoms with Crippen molar-refractivity contribution in [2.45, 2.75) is 38.1 Å². The summed E-state index contributed by atoms with van der Waals surface area (Å²) >= 11 is 0. The van der Waals surface area contributed by atoms with Gasteiger partial charge in [-0.1, -0.05) is 0 Å². The largest absolute Gasteiger partial charge is 0.494 e. The van der Waals surface area contributed by atoms with Gasteiger partial charge in [0.15, 0.2) is 0 Å². The van der Waals surface area contributed by atoms with Gasteiger partial charge in [0.2, 0.25) is 17.7 Å². The Morgan fingerprint density at radius 2 is 1.81 bits per heavy atom. The number of unbranched alkanes of at least 4 members (excludes halogenated alkanes) is 2. The number of ether oxygens (including phenoxy) is 1. The van der Waals surface area contributed by atoms with Crippen molar-refractivity contribution in [3.05, 3.63) is 29.3 Å². The molecule has 3 heterocycles. The van der Waals surface area contributed by atoms with E-state index in [-0.39, 0.29) is 29.9 Å². The lowest BCUT2D eigenvalue weighted by Gasteiger charge is -2.27. The first-order valence-electron chi connectivity index (χ1n) is 10.9. The van der Waals surface area contributed by atoms with Crippen LogP contribution in [0.2, 0.25) is 0 Å². The van der Waals surface area contributed by atoms with Gasteiger partial charge in [-0.25, -0.2) is 0 Å². The van der Waals surface area contributed by atoms with Crippen LogP contribution in [0.15, 0.2) is 18.2 Å². The van der Waals surface area contributed by atoms with Crippen molar-refractivity contribution >= 4 is 29.5 Å². The second-order valence-electron chi connectivity index (χ2n) is 8.12. The zero-order valence-electron chi connectivity index (χ0n) is 17.7. The summed E-state index contributed by atoms with van der Waals surface area (Å²) in [5, 5.41) is 5.23. The third-order valence-electron chi connectivity index (χ3n) is 5.94. The molecule has 1 aromatic rings. The molecule has 0 aromatic heterocycles. The highest BCUT2D eigenvalue weighted by Gasteiger charge is 2.44. The Labute approximate surface area is 185 Å². The third-order valence-corrected chi connectivity index (χ3v) is 5.94. The van der Waals surface area contributed by atoms with Crippen LogP contribution in [0, 0.1) is 0 Å². The molecule has 10 nitrogen and oxygen atoms in total. The molecule has 4 rings (SSSR count). The number of piperidine rings is 1. The number of carbonyl (C=O) groups is 5. The zero-order chi connectivity index (χ0) is 22.7. The number of hydrogen-bond acceptors (Lipinski definition) is 7. The van der Waals surface area contributed by atoms with Gasteiger partial charge in [-0.2, -0.15) is 0 Å². The van der Waals surface area contributed by atoms with Crippen LogP contribution in [-0.4, -0.2) is 78.2 Å². The molecule has 0 radical (unpaired) electrons. The average Bonchev–Trinajstić information content (AvgIpc) is 3.02. The highest BCUT2D eigenvalue weighted by molar-refractivity contribution is 6.23. The van der Waals surface area contributed by atoms with E-state index in [2.05, 4.69) is 10.6 Å². The first-order chi connectivity index (χ1) is 15.5. The smallest absolute Gasteiger partial charge is 0.262 e. The predicted molar refractivity (Wildman–Crippen MR) is 112 cm³/mol. The van der Waals surface area contributed by atoms with Crippen LogP contribution < -0.4 is 15.4 Å². The topological polar surface area (TPSA) is 125 Å². The van der Waals surface area contributed by atoms with E-state index in [0.29, 0.717) is 18.9 Å². The van der Waals surface area contributed by atoms with E-state index < -0.39 is 29.7 Å². The Morgan fingerprint density at radius 3 is 2.59 bits per heavy atom. The number of benzene rings is 1. The van der Waals surface area contributed by atoms with Crippen LogP contribution in [-0.2, 0) is 14.4 Å². The minimum absolute atomic E-state index is 0.0843. The normalized spacial score (nSPS) is 21.1. The fourth-order valence-electron chi connectivity index (χ4n) is 4.19. The van der Waals surface area contributed by atoms with E-state index >= 15 is 0 Å². The van der Waals surface area contributed by atoms with Crippen molar-refractivity contribution in [2.75, 3.05) is 32.8 Å². The molecule has 0 bridgehead atoms. The molecule has 32 heavy (non-hydrogen) atoms. The van der Waals surface area contributed by atoms with Crippen LogP contribution in [0.1, 0.15) is 52.8 Å². The maximum absolute atomic E-state index is 12.8. The molecule has 3 aliphatic heterocycles. The van der Waals surface area contributed by atoms with E-state index in [1.807, 2.05) is 4.90 Å². The van der Waals surface area contributed by atoms with Gasteiger partial charge in [0.25, 0.3) is 11.8 Å². The van der Waals surface area contributed by atoms with Crippen LogP contribution in [0.3, 0.4) is 0 Å². The lowest BCUT2D eigenvalue weighted by atomic mass is 10.0. The number of piperazine rings is 1. The lowest BCUT2D eigenvalue weighted by molar-refractivity contribution is -0.136. The van der Waals surface area contributed by atoms with Gasteiger partial charge in [-0.3, -0.25) is 34.2 Å². The maximum Gasteiger partial charge on any atom is 0.262 e. The van der Waals surface area contributed by atoms with Gasteiger partial charge in [-0.15, -0.1) is 0 Å². The molecule has 2 N–H and O–H groups in total. The lowest BCUT2D eigenvalue weighted by Crippen LogP contribution is -2.54. The van der Waals surface area contributed by atoms with E-state index in [4.69, 9.17) is 4.74 Å². The minimum atomic E-state index is -0.980. The molecule has 2 fully saturated rings. The maximum atomic E-state index is 12.8. The minimum Gasteiger partial charge on any atom is -0.494 e. The second-order valence-corrected chi connectivity index (χ2v) is 8.12.